The highest BCUT2D eigenvalue weighted by Crippen LogP contribution is 2.15. The summed E-state index contributed by atoms with van der Waals surface area (Å²) in [5, 5.41) is 35.4. The molecular formula is C9H18O5. The molecule has 84 valence electrons. The van der Waals surface area contributed by atoms with Crippen molar-refractivity contribution < 1.29 is 25.2 Å². The molecule has 0 radical (unpaired) electrons. The van der Waals surface area contributed by atoms with Gasteiger partial charge in [0.2, 0.25) is 0 Å². The minimum absolute atomic E-state index is 0.114. The lowest BCUT2D eigenvalue weighted by Crippen LogP contribution is -2.27. The van der Waals surface area contributed by atoms with Crippen LogP contribution in [0.3, 0.4) is 0 Å². The van der Waals surface area contributed by atoms with Gasteiger partial charge in [-0.2, -0.15) is 0 Å². The van der Waals surface area contributed by atoms with Crippen molar-refractivity contribution in [3.05, 3.63) is 0 Å². The SMILES string of the molecule is CC(=O)C(CC(O)CO)CC(O)CO. The molecule has 0 spiro atoms. The third kappa shape index (κ3) is 5.29. The van der Waals surface area contributed by atoms with Gasteiger partial charge in [-0.3, -0.25) is 4.79 Å². The van der Waals surface area contributed by atoms with Crippen molar-refractivity contribution in [2.75, 3.05) is 13.2 Å². The molecule has 0 aromatic rings. The average molecular weight is 206 g/mol. The molecule has 0 aromatic carbocycles. The number of hydrogen-bond acceptors (Lipinski definition) is 5. The fourth-order valence-electron chi connectivity index (χ4n) is 1.23. The van der Waals surface area contributed by atoms with Crippen LogP contribution >= 0.6 is 0 Å². The Balaban J connectivity index is 4.09. The first kappa shape index (κ1) is 13.5. The summed E-state index contributed by atoms with van der Waals surface area (Å²) in [6.45, 7) is 0.552. The Morgan fingerprint density at radius 3 is 1.64 bits per heavy atom. The van der Waals surface area contributed by atoms with E-state index in [1.807, 2.05) is 0 Å². The molecule has 0 bridgehead atoms. The molecule has 0 amide bonds. The van der Waals surface area contributed by atoms with E-state index in [2.05, 4.69) is 0 Å². The number of ketones is 1. The molecule has 2 unspecified atom stereocenters. The molecule has 2 atom stereocenters. The van der Waals surface area contributed by atoms with Crippen LogP contribution in [0.15, 0.2) is 0 Å². The lowest BCUT2D eigenvalue weighted by atomic mass is 9.92. The Labute approximate surface area is 83.0 Å². The van der Waals surface area contributed by atoms with E-state index in [9.17, 15) is 4.79 Å². The van der Waals surface area contributed by atoms with Crippen molar-refractivity contribution >= 4 is 5.78 Å². The third-order valence-electron chi connectivity index (χ3n) is 2.11. The predicted molar refractivity (Wildman–Crippen MR) is 49.6 cm³/mol. The summed E-state index contributed by atoms with van der Waals surface area (Å²) in [5.41, 5.74) is 0. The number of carbonyl (C=O) groups is 1. The third-order valence-corrected chi connectivity index (χ3v) is 2.11. The lowest BCUT2D eigenvalue weighted by molar-refractivity contribution is -0.123. The van der Waals surface area contributed by atoms with E-state index >= 15 is 0 Å². The van der Waals surface area contributed by atoms with Crippen LogP contribution < -0.4 is 0 Å². The molecule has 14 heavy (non-hydrogen) atoms. The second kappa shape index (κ2) is 6.89. The Kier molecular flexibility index (Phi) is 6.65. The van der Waals surface area contributed by atoms with Crippen molar-refractivity contribution in [3.8, 4) is 0 Å². The van der Waals surface area contributed by atoms with Gasteiger partial charge < -0.3 is 20.4 Å². The van der Waals surface area contributed by atoms with Gasteiger partial charge in [-0.05, 0) is 19.8 Å². The monoisotopic (exact) mass is 206 g/mol. The number of Topliss-reactive ketones (excluding diaryl/α,β-unsaturated/α-hetero) is 1. The van der Waals surface area contributed by atoms with E-state index in [4.69, 9.17) is 20.4 Å². The van der Waals surface area contributed by atoms with Gasteiger partial charge in [0, 0.05) is 5.92 Å². The van der Waals surface area contributed by atoms with Gasteiger partial charge in [0.1, 0.15) is 5.78 Å². The molecule has 0 aliphatic heterocycles. The zero-order valence-electron chi connectivity index (χ0n) is 8.26. The molecular weight excluding hydrogens is 188 g/mol. The zero-order chi connectivity index (χ0) is 11.1. The molecule has 0 saturated carbocycles. The number of carbonyl (C=O) groups excluding carboxylic acids is 1. The average Bonchev–Trinajstić information content (AvgIpc) is 2.16. The van der Waals surface area contributed by atoms with E-state index in [0.29, 0.717) is 0 Å². The number of rotatable bonds is 7. The first-order valence-electron chi connectivity index (χ1n) is 4.59. The van der Waals surface area contributed by atoms with E-state index < -0.39 is 31.3 Å². The Morgan fingerprint density at radius 1 is 1.07 bits per heavy atom. The van der Waals surface area contributed by atoms with E-state index in [0.717, 1.165) is 0 Å². The topological polar surface area (TPSA) is 98.0 Å². The minimum atomic E-state index is -0.949. The van der Waals surface area contributed by atoms with Crippen LogP contribution in [0.5, 0.6) is 0 Å². The minimum Gasteiger partial charge on any atom is -0.394 e. The van der Waals surface area contributed by atoms with Gasteiger partial charge in [0.25, 0.3) is 0 Å². The first-order valence-corrected chi connectivity index (χ1v) is 4.59. The van der Waals surface area contributed by atoms with E-state index in [1.54, 1.807) is 0 Å². The maximum absolute atomic E-state index is 11.1. The number of hydrogen-bond donors (Lipinski definition) is 4. The van der Waals surface area contributed by atoms with Crippen molar-refractivity contribution in [2.24, 2.45) is 5.92 Å². The second-order valence-corrected chi connectivity index (χ2v) is 3.45. The largest absolute Gasteiger partial charge is 0.394 e. The lowest BCUT2D eigenvalue weighted by Gasteiger charge is -2.18. The fraction of sp³-hybridized carbons (Fsp3) is 0.889. The van der Waals surface area contributed by atoms with Crippen LogP contribution in [-0.2, 0) is 4.79 Å². The normalized spacial score (nSPS) is 17.5. The molecule has 0 aromatic heterocycles. The van der Waals surface area contributed by atoms with Crippen LogP contribution in [0, 0.1) is 5.92 Å². The second-order valence-electron chi connectivity index (χ2n) is 3.45. The predicted octanol–water partition coefficient (Wildman–Crippen LogP) is -1.32. The summed E-state index contributed by atoms with van der Waals surface area (Å²) in [5.74, 6) is -0.677. The molecule has 5 nitrogen and oxygen atoms in total. The highest BCUT2D eigenvalue weighted by Gasteiger charge is 2.21. The Morgan fingerprint density at radius 2 is 1.43 bits per heavy atom. The molecule has 0 saturated heterocycles. The number of aliphatic hydroxyl groups excluding tert-OH is 4. The highest BCUT2D eigenvalue weighted by molar-refractivity contribution is 5.78. The Bertz CT molecular complexity index is 159. The van der Waals surface area contributed by atoms with Crippen LogP contribution in [0.1, 0.15) is 19.8 Å². The van der Waals surface area contributed by atoms with Gasteiger partial charge in [-0.25, -0.2) is 0 Å². The van der Waals surface area contributed by atoms with Crippen molar-refractivity contribution in [1.82, 2.24) is 0 Å². The van der Waals surface area contributed by atoms with E-state index in [-0.39, 0.29) is 18.6 Å². The summed E-state index contributed by atoms with van der Waals surface area (Å²) in [6, 6.07) is 0. The summed E-state index contributed by atoms with van der Waals surface area (Å²) in [4.78, 5) is 11.1. The van der Waals surface area contributed by atoms with E-state index in [1.165, 1.54) is 6.92 Å². The molecule has 0 aliphatic carbocycles. The molecule has 4 N–H and O–H groups in total. The van der Waals surface area contributed by atoms with Crippen molar-refractivity contribution in [2.45, 2.75) is 32.0 Å². The van der Waals surface area contributed by atoms with Crippen LogP contribution in [0.2, 0.25) is 0 Å². The summed E-state index contributed by atoms with van der Waals surface area (Å²) >= 11 is 0. The fourth-order valence-corrected chi connectivity index (χ4v) is 1.23. The van der Waals surface area contributed by atoms with Gasteiger partial charge in [-0.15, -0.1) is 0 Å². The zero-order valence-corrected chi connectivity index (χ0v) is 8.26. The molecule has 5 heteroatoms. The molecule has 0 fully saturated rings. The summed E-state index contributed by atoms with van der Waals surface area (Å²) in [6.07, 6.45) is -1.67. The maximum atomic E-state index is 11.1. The van der Waals surface area contributed by atoms with Crippen LogP contribution in [0.4, 0.5) is 0 Å². The van der Waals surface area contributed by atoms with Crippen LogP contribution in [0.25, 0.3) is 0 Å². The van der Waals surface area contributed by atoms with Gasteiger partial charge in [-0.1, -0.05) is 0 Å². The first-order chi connectivity index (χ1) is 6.51. The summed E-state index contributed by atoms with van der Waals surface area (Å²) in [7, 11) is 0. The van der Waals surface area contributed by atoms with Crippen molar-refractivity contribution in [3.63, 3.8) is 0 Å². The van der Waals surface area contributed by atoms with Gasteiger partial charge in [0.15, 0.2) is 0 Å². The smallest absolute Gasteiger partial charge is 0.133 e. The number of aliphatic hydroxyl groups is 4. The Hall–Kier alpha value is -0.490. The van der Waals surface area contributed by atoms with Gasteiger partial charge >= 0.3 is 0 Å². The van der Waals surface area contributed by atoms with Crippen molar-refractivity contribution in [1.29, 1.82) is 0 Å². The van der Waals surface area contributed by atoms with Crippen LogP contribution in [-0.4, -0.2) is 51.6 Å². The maximum Gasteiger partial charge on any atom is 0.133 e. The molecule has 0 heterocycles. The quantitative estimate of drug-likeness (QED) is 0.414. The van der Waals surface area contributed by atoms with Gasteiger partial charge in [0.05, 0.1) is 25.4 Å². The molecule has 0 rings (SSSR count). The summed E-state index contributed by atoms with van der Waals surface area (Å²) < 4.78 is 0. The highest BCUT2D eigenvalue weighted by atomic mass is 16.3. The standard InChI is InChI=1S/C9H18O5/c1-6(12)7(2-8(13)4-10)3-9(14)5-11/h7-11,13-14H,2-5H2,1H3. The molecule has 0 aliphatic rings.